The van der Waals surface area contributed by atoms with Gasteiger partial charge in [-0.3, -0.25) is 4.79 Å². The lowest BCUT2D eigenvalue weighted by Crippen LogP contribution is -2.17. The highest BCUT2D eigenvalue weighted by Gasteiger charge is 2.31. The number of rotatable bonds is 5. The van der Waals surface area contributed by atoms with Crippen LogP contribution in [0.2, 0.25) is 0 Å². The highest BCUT2D eigenvalue weighted by molar-refractivity contribution is 7.91. The van der Waals surface area contributed by atoms with Crippen LogP contribution in [0.4, 0.5) is 0 Å². The minimum absolute atomic E-state index is 0.00636. The Morgan fingerprint density at radius 3 is 2.42 bits per heavy atom. The van der Waals surface area contributed by atoms with Crippen molar-refractivity contribution >= 4 is 32.4 Å². The minimum Gasteiger partial charge on any atom is -0.507 e. The van der Waals surface area contributed by atoms with E-state index in [2.05, 4.69) is 0 Å². The number of ketones is 1. The zero-order valence-electron chi connectivity index (χ0n) is 17.3. The van der Waals surface area contributed by atoms with Crippen molar-refractivity contribution in [3.8, 4) is 5.75 Å². The molecular weight excluding hydrogens is 418 g/mol. The van der Waals surface area contributed by atoms with Gasteiger partial charge in [0, 0.05) is 23.0 Å². The molecule has 3 aromatic rings. The van der Waals surface area contributed by atoms with Crippen LogP contribution in [-0.2, 0) is 14.6 Å². The molecule has 1 N–H and O–H groups in total. The Kier molecular flexibility index (Phi) is 5.35. The maximum absolute atomic E-state index is 12.7. The quantitative estimate of drug-likeness (QED) is 0.481. The molecular formula is C23H23NO6S. The Balaban J connectivity index is 1.50. The van der Waals surface area contributed by atoms with E-state index in [9.17, 15) is 23.1 Å². The van der Waals surface area contributed by atoms with Gasteiger partial charge in [0.2, 0.25) is 5.78 Å². The van der Waals surface area contributed by atoms with Crippen molar-refractivity contribution in [3.63, 3.8) is 0 Å². The molecule has 1 aliphatic heterocycles. The van der Waals surface area contributed by atoms with Crippen LogP contribution in [-0.4, -0.2) is 48.0 Å². The maximum Gasteiger partial charge on any atom is 0.342 e. The summed E-state index contributed by atoms with van der Waals surface area (Å²) in [6, 6.07) is 11.8. The number of aromatic nitrogens is 1. The van der Waals surface area contributed by atoms with Gasteiger partial charge in [-0.1, -0.05) is 24.3 Å². The molecule has 4 rings (SSSR count). The van der Waals surface area contributed by atoms with Crippen molar-refractivity contribution in [2.24, 2.45) is 0 Å². The molecule has 0 radical (unpaired) electrons. The number of esters is 1. The summed E-state index contributed by atoms with van der Waals surface area (Å²) in [5.41, 5.74) is 1.85. The number of carbonyl (C=O) groups excluding carboxylic acids is 2. The largest absolute Gasteiger partial charge is 0.507 e. The van der Waals surface area contributed by atoms with E-state index < -0.39 is 22.4 Å². The number of carbonyl (C=O) groups is 2. The van der Waals surface area contributed by atoms with Crippen molar-refractivity contribution in [3.05, 3.63) is 65.0 Å². The molecule has 0 bridgehead atoms. The van der Waals surface area contributed by atoms with Gasteiger partial charge in [-0.25, -0.2) is 13.2 Å². The van der Waals surface area contributed by atoms with Gasteiger partial charge in [0.1, 0.15) is 11.3 Å². The normalized spacial score (nSPS) is 17.7. The fourth-order valence-corrected chi connectivity index (χ4v) is 5.98. The third kappa shape index (κ3) is 4.07. The molecule has 1 fully saturated rings. The average molecular weight is 442 g/mol. The first kappa shape index (κ1) is 21.1. The van der Waals surface area contributed by atoms with Gasteiger partial charge < -0.3 is 14.4 Å². The molecule has 0 saturated carbocycles. The van der Waals surface area contributed by atoms with Gasteiger partial charge in [-0.15, -0.1) is 0 Å². The Morgan fingerprint density at radius 1 is 1.10 bits per heavy atom. The zero-order valence-corrected chi connectivity index (χ0v) is 18.1. The third-order valence-electron chi connectivity index (χ3n) is 5.78. The molecule has 1 atom stereocenters. The van der Waals surface area contributed by atoms with Gasteiger partial charge in [-0.2, -0.15) is 0 Å². The first-order chi connectivity index (χ1) is 14.7. The topological polar surface area (TPSA) is 103 Å². The molecule has 2 heterocycles. The molecule has 162 valence electrons. The van der Waals surface area contributed by atoms with Gasteiger partial charge in [0.05, 0.1) is 11.5 Å². The minimum atomic E-state index is -3.06. The zero-order chi connectivity index (χ0) is 22.3. The van der Waals surface area contributed by atoms with Crippen LogP contribution in [0.5, 0.6) is 5.75 Å². The number of aromatic hydroxyl groups is 1. The fraction of sp³-hybridized carbons (Fsp3) is 0.304. The highest BCUT2D eigenvalue weighted by Crippen LogP contribution is 2.30. The number of hydrogen-bond donors (Lipinski definition) is 1. The number of phenols is 1. The van der Waals surface area contributed by atoms with Crippen LogP contribution in [0, 0.1) is 13.8 Å². The summed E-state index contributed by atoms with van der Waals surface area (Å²) in [5, 5.41) is 11.7. The van der Waals surface area contributed by atoms with Gasteiger partial charge >= 0.3 is 5.97 Å². The number of hydrogen-bond acceptors (Lipinski definition) is 6. The van der Waals surface area contributed by atoms with Gasteiger partial charge in [-0.05, 0) is 49.2 Å². The smallest absolute Gasteiger partial charge is 0.342 e. The standard InChI is InChI=1S/C23H23NO6S/c1-14-9-19(15(2)24(14)18-7-8-31(28,29)13-18)22(26)12-30-23(27)20-10-16-5-3-4-6-17(16)11-21(20)25/h3-6,9-11,18,25H,7-8,12-13H2,1-2H3/t18-/m1/s1. The number of aryl methyl sites for hydroxylation is 1. The number of fused-ring (bicyclic) bond motifs is 1. The van der Waals surface area contributed by atoms with Crippen molar-refractivity contribution < 1.29 is 27.9 Å². The van der Waals surface area contributed by atoms with E-state index in [4.69, 9.17) is 4.74 Å². The number of phenolic OH excluding ortho intramolecular Hbond substituents is 1. The number of ether oxygens (including phenoxy) is 1. The molecule has 1 saturated heterocycles. The predicted molar refractivity (Wildman–Crippen MR) is 116 cm³/mol. The van der Waals surface area contributed by atoms with Crippen LogP contribution < -0.4 is 0 Å². The van der Waals surface area contributed by atoms with E-state index in [1.165, 1.54) is 12.1 Å². The molecule has 1 aliphatic rings. The Hall–Kier alpha value is -3.13. The lowest BCUT2D eigenvalue weighted by molar-refractivity contribution is 0.0471. The van der Waals surface area contributed by atoms with E-state index in [1.54, 1.807) is 13.0 Å². The van der Waals surface area contributed by atoms with Gasteiger partial charge in [0.15, 0.2) is 16.4 Å². The first-order valence-corrected chi connectivity index (χ1v) is 11.8. The maximum atomic E-state index is 12.7. The summed E-state index contributed by atoms with van der Waals surface area (Å²) in [6.07, 6.45) is 0.516. The summed E-state index contributed by atoms with van der Waals surface area (Å²) in [5.74, 6) is -1.17. The lowest BCUT2D eigenvalue weighted by Gasteiger charge is -2.16. The second-order valence-electron chi connectivity index (χ2n) is 7.93. The number of sulfone groups is 1. The van der Waals surface area contributed by atoms with E-state index in [-0.39, 0.29) is 34.6 Å². The van der Waals surface area contributed by atoms with E-state index in [0.29, 0.717) is 17.7 Å². The second kappa shape index (κ2) is 7.85. The SMILES string of the molecule is Cc1cc(C(=O)COC(=O)c2cc3ccccc3cc2O)c(C)n1[C@@H]1CCS(=O)(=O)C1. The molecule has 31 heavy (non-hydrogen) atoms. The van der Waals surface area contributed by atoms with Gasteiger partial charge in [0.25, 0.3) is 0 Å². The molecule has 8 heteroatoms. The van der Waals surface area contributed by atoms with Crippen LogP contribution in [0.1, 0.15) is 44.6 Å². The molecule has 2 aromatic carbocycles. The fourth-order valence-electron chi connectivity index (χ4n) is 4.28. The van der Waals surface area contributed by atoms with E-state index in [0.717, 1.165) is 16.5 Å². The molecule has 7 nitrogen and oxygen atoms in total. The second-order valence-corrected chi connectivity index (χ2v) is 10.2. The van der Waals surface area contributed by atoms with Crippen LogP contribution in [0.25, 0.3) is 10.8 Å². The first-order valence-electron chi connectivity index (χ1n) is 9.97. The van der Waals surface area contributed by atoms with Crippen molar-refractivity contribution in [1.82, 2.24) is 4.57 Å². The van der Waals surface area contributed by atoms with Crippen LogP contribution >= 0.6 is 0 Å². The van der Waals surface area contributed by atoms with Crippen LogP contribution in [0.3, 0.4) is 0 Å². The van der Waals surface area contributed by atoms with Crippen LogP contribution in [0.15, 0.2) is 42.5 Å². The Labute approximate surface area is 180 Å². The van der Waals surface area contributed by atoms with E-state index in [1.807, 2.05) is 35.8 Å². The molecule has 0 unspecified atom stereocenters. The number of benzene rings is 2. The molecule has 0 spiro atoms. The van der Waals surface area contributed by atoms with Crippen molar-refractivity contribution in [2.75, 3.05) is 18.1 Å². The van der Waals surface area contributed by atoms with E-state index >= 15 is 0 Å². The van der Waals surface area contributed by atoms with Crippen molar-refractivity contribution in [2.45, 2.75) is 26.3 Å². The monoisotopic (exact) mass is 441 g/mol. The molecule has 1 aromatic heterocycles. The third-order valence-corrected chi connectivity index (χ3v) is 7.53. The Morgan fingerprint density at radius 2 is 1.77 bits per heavy atom. The summed E-state index contributed by atoms with van der Waals surface area (Å²) in [6.45, 7) is 3.12. The summed E-state index contributed by atoms with van der Waals surface area (Å²) >= 11 is 0. The number of Topliss-reactive ketones (excluding diaryl/α,β-unsaturated/α-hetero) is 1. The predicted octanol–water partition coefficient (Wildman–Crippen LogP) is 3.36. The van der Waals surface area contributed by atoms with Crippen molar-refractivity contribution in [1.29, 1.82) is 0 Å². The molecule has 0 aliphatic carbocycles. The summed E-state index contributed by atoms with van der Waals surface area (Å²) in [4.78, 5) is 25.2. The lowest BCUT2D eigenvalue weighted by atomic mass is 10.1. The highest BCUT2D eigenvalue weighted by atomic mass is 32.2. The average Bonchev–Trinajstić information content (AvgIpc) is 3.22. The summed E-state index contributed by atoms with van der Waals surface area (Å²) < 4.78 is 30.7. The Bertz CT molecular complexity index is 1310. The summed E-state index contributed by atoms with van der Waals surface area (Å²) in [7, 11) is -3.06. The molecule has 0 amide bonds. The number of nitrogens with zero attached hydrogens (tertiary/aromatic N) is 1.